The van der Waals surface area contributed by atoms with Gasteiger partial charge in [-0.15, -0.1) is 0 Å². The van der Waals surface area contributed by atoms with Crippen LogP contribution in [-0.2, 0) is 10.2 Å². The Morgan fingerprint density at radius 3 is 2.64 bits per heavy atom. The molecule has 1 fully saturated rings. The van der Waals surface area contributed by atoms with Gasteiger partial charge in [-0.1, -0.05) is 5.92 Å². The molecule has 1 saturated heterocycles. The van der Waals surface area contributed by atoms with E-state index in [1.807, 2.05) is 0 Å². The number of carbonyl (C=O) groups is 1. The summed E-state index contributed by atoms with van der Waals surface area (Å²) < 4.78 is 5.36. The van der Waals surface area contributed by atoms with Gasteiger partial charge in [0.15, 0.2) is 0 Å². The van der Waals surface area contributed by atoms with Crippen LogP contribution in [-0.4, -0.2) is 44.6 Å². The van der Waals surface area contributed by atoms with Crippen LogP contribution in [0.15, 0.2) is 30.6 Å². The van der Waals surface area contributed by atoms with Crippen molar-refractivity contribution in [1.29, 1.82) is 5.26 Å². The van der Waals surface area contributed by atoms with Crippen LogP contribution in [0.4, 0.5) is 4.79 Å². The first-order valence-corrected chi connectivity index (χ1v) is 8.95. The number of nitriles is 1. The number of ether oxygens (including phenoxy) is 1. The maximum atomic E-state index is 12.2. The average molecular weight is 396 g/mol. The van der Waals surface area contributed by atoms with E-state index < -0.39 is 17.1 Å². The topological polar surface area (TPSA) is 92.0 Å². The van der Waals surface area contributed by atoms with Gasteiger partial charge in [0, 0.05) is 18.0 Å². The molecule has 0 aliphatic carbocycles. The molecule has 1 aliphatic rings. The van der Waals surface area contributed by atoms with Crippen LogP contribution in [0.2, 0.25) is 5.28 Å². The van der Waals surface area contributed by atoms with Gasteiger partial charge in [0.25, 0.3) is 0 Å². The smallest absolute Gasteiger partial charge is 0.410 e. The maximum Gasteiger partial charge on any atom is 0.410 e. The molecule has 3 rings (SSSR count). The molecule has 0 N–H and O–H groups in total. The molecule has 0 atom stereocenters. The summed E-state index contributed by atoms with van der Waals surface area (Å²) >= 11 is 5.78. The molecule has 0 spiro atoms. The van der Waals surface area contributed by atoms with Crippen molar-refractivity contribution in [3.63, 3.8) is 0 Å². The Hall–Kier alpha value is -3.16. The van der Waals surface area contributed by atoms with Gasteiger partial charge in [-0.3, -0.25) is 4.98 Å². The van der Waals surface area contributed by atoms with Gasteiger partial charge in [0.05, 0.1) is 24.9 Å². The van der Waals surface area contributed by atoms with E-state index in [1.54, 1.807) is 45.2 Å². The zero-order valence-electron chi connectivity index (χ0n) is 15.7. The van der Waals surface area contributed by atoms with Gasteiger partial charge < -0.3 is 9.64 Å². The van der Waals surface area contributed by atoms with Gasteiger partial charge >= 0.3 is 6.09 Å². The minimum absolute atomic E-state index is 0.110. The van der Waals surface area contributed by atoms with Crippen molar-refractivity contribution >= 4 is 17.7 Å². The Morgan fingerprint density at radius 1 is 1.25 bits per heavy atom. The number of nitrogens with zero attached hydrogens (tertiary/aromatic N) is 5. The lowest BCUT2D eigenvalue weighted by Crippen LogP contribution is -2.61. The molecule has 7 nitrogen and oxygen atoms in total. The Morgan fingerprint density at radius 2 is 2.00 bits per heavy atom. The third-order valence-electron chi connectivity index (χ3n) is 4.00. The van der Waals surface area contributed by atoms with Crippen molar-refractivity contribution in [2.45, 2.75) is 31.8 Å². The predicted molar refractivity (Wildman–Crippen MR) is 102 cm³/mol. The lowest BCUT2D eigenvalue weighted by atomic mass is 9.76. The normalized spacial score (nSPS) is 14.9. The zero-order chi connectivity index (χ0) is 20.4. The minimum atomic E-state index is -0.925. The fourth-order valence-electron chi connectivity index (χ4n) is 2.76. The highest BCUT2D eigenvalue weighted by Crippen LogP contribution is 2.35. The fourth-order valence-corrected chi connectivity index (χ4v) is 2.91. The van der Waals surface area contributed by atoms with E-state index >= 15 is 0 Å². The van der Waals surface area contributed by atoms with Crippen molar-refractivity contribution in [2.75, 3.05) is 13.1 Å². The van der Waals surface area contributed by atoms with Crippen LogP contribution in [0.1, 0.15) is 37.7 Å². The van der Waals surface area contributed by atoms with Crippen molar-refractivity contribution in [3.8, 4) is 17.9 Å². The van der Waals surface area contributed by atoms with Crippen molar-refractivity contribution in [2.24, 2.45) is 0 Å². The second kappa shape index (κ2) is 7.46. The standard InChI is InChI=1S/C20H18ClN5O2/c1-19(2,3)28-18(27)26-12-20(11-22,13-26)16-14(5-4-9-23-16)6-7-15-8-10-24-17(21)25-15/h4-5,8-10H,12-13H2,1-3H3. The van der Waals surface area contributed by atoms with Crippen LogP contribution < -0.4 is 0 Å². The van der Waals surface area contributed by atoms with E-state index in [0.717, 1.165) is 0 Å². The van der Waals surface area contributed by atoms with Crippen LogP contribution in [0.5, 0.6) is 0 Å². The molecule has 2 aromatic heterocycles. The first-order chi connectivity index (χ1) is 13.2. The molecule has 0 unspecified atom stereocenters. The number of rotatable bonds is 1. The molecule has 0 saturated carbocycles. The Bertz CT molecular complexity index is 1010. The molecule has 2 aromatic rings. The number of amides is 1. The lowest BCUT2D eigenvalue weighted by Gasteiger charge is -2.45. The van der Waals surface area contributed by atoms with Crippen LogP contribution >= 0.6 is 11.6 Å². The summed E-state index contributed by atoms with van der Waals surface area (Å²) in [4.78, 5) is 25.9. The van der Waals surface area contributed by atoms with E-state index in [2.05, 4.69) is 32.9 Å². The minimum Gasteiger partial charge on any atom is -0.444 e. The molecule has 0 aromatic carbocycles. The fraction of sp³-hybridized carbons (Fsp3) is 0.350. The molecule has 1 aliphatic heterocycles. The molecule has 3 heterocycles. The van der Waals surface area contributed by atoms with Crippen molar-refractivity contribution in [1.82, 2.24) is 19.9 Å². The monoisotopic (exact) mass is 395 g/mol. The number of pyridine rings is 1. The van der Waals surface area contributed by atoms with E-state index in [-0.39, 0.29) is 18.4 Å². The van der Waals surface area contributed by atoms with Crippen molar-refractivity contribution < 1.29 is 9.53 Å². The van der Waals surface area contributed by atoms with Gasteiger partial charge in [-0.25, -0.2) is 14.8 Å². The highest BCUT2D eigenvalue weighted by molar-refractivity contribution is 6.28. The van der Waals surface area contributed by atoms with Gasteiger partial charge in [-0.05, 0) is 56.5 Å². The Kier molecular flexibility index (Phi) is 5.22. The molecule has 8 heteroatoms. The van der Waals surface area contributed by atoms with Gasteiger partial charge in [0.2, 0.25) is 5.28 Å². The number of hydrogen-bond acceptors (Lipinski definition) is 6. The third-order valence-corrected chi connectivity index (χ3v) is 4.18. The predicted octanol–water partition coefficient (Wildman–Crippen LogP) is 2.94. The molecule has 1 amide bonds. The first-order valence-electron chi connectivity index (χ1n) is 8.58. The summed E-state index contributed by atoms with van der Waals surface area (Å²) in [5.74, 6) is 5.91. The summed E-state index contributed by atoms with van der Waals surface area (Å²) in [6.45, 7) is 5.79. The zero-order valence-corrected chi connectivity index (χ0v) is 16.5. The van der Waals surface area contributed by atoms with E-state index in [9.17, 15) is 10.1 Å². The Balaban J connectivity index is 1.85. The maximum absolute atomic E-state index is 12.2. The summed E-state index contributed by atoms with van der Waals surface area (Å²) in [7, 11) is 0. The molecule has 0 radical (unpaired) electrons. The highest BCUT2D eigenvalue weighted by Gasteiger charge is 2.50. The SMILES string of the molecule is CC(C)(C)OC(=O)N1CC(C#N)(c2ncccc2C#Cc2ccnc(Cl)n2)C1. The second-order valence-electron chi connectivity index (χ2n) is 7.39. The summed E-state index contributed by atoms with van der Waals surface area (Å²) in [6, 6.07) is 7.47. The van der Waals surface area contributed by atoms with E-state index in [1.165, 1.54) is 11.1 Å². The molecule has 142 valence electrons. The average Bonchev–Trinajstić information content (AvgIpc) is 2.59. The molecular formula is C20H18ClN5O2. The van der Waals surface area contributed by atoms with Gasteiger partial charge in [0.1, 0.15) is 16.7 Å². The van der Waals surface area contributed by atoms with Crippen LogP contribution in [0.25, 0.3) is 0 Å². The van der Waals surface area contributed by atoms with Crippen LogP contribution in [0, 0.1) is 23.2 Å². The lowest BCUT2D eigenvalue weighted by molar-refractivity contribution is -0.00104. The number of likely N-dealkylation sites (tertiary alicyclic amines) is 1. The number of carbonyl (C=O) groups excluding carboxylic acids is 1. The summed E-state index contributed by atoms with van der Waals surface area (Å²) in [6.07, 6.45) is 2.68. The Labute approximate surface area is 168 Å². The first kappa shape index (κ1) is 19.6. The highest BCUT2D eigenvalue weighted by atomic mass is 35.5. The van der Waals surface area contributed by atoms with E-state index in [4.69, 9.17) is 16.3 Å². The quantitative estimate of drug-likeness (QED) is 0.544. The number of halogens is 1. The van der Waals surface area contributed by atoms with E-state index in [0.29, 0.717) is 17.0 Å². The van der Waals surface area contributed by atoms with Gasteiger partial charge in [-0.2, -0.15) is 5.26 Å². The van der Waals surface area contributed by atoms with Crippen LogP contribution in [0.3, 0.4) is 0 Å². The third kappa shape index (κ3) is 4.21. The number of hydrogen-bond donors (Lipinski definition) is 0. The largest absolute Gasteiger partial charge is 0.444 e. The second-order valence-corrected chi connectivity index (χ2v) is 7.73. The molecule has 28 heavy (non-hydrogen) atoms. The summed E-state index contributed by atoms with van der Waals surface area (Å²) in [5, 5.41) is 9.92. The molecular weight excluding hydrogens is 378 g/mol. The van der Waals surface area contributed by atoms with Crippen molar-refractivity contribution in [3.05, 3.63) is 52.8 Å². The molecule has 0 bridgehead atoms. The number of aromatic nitrogens is 3. The summed E-state index contributed by atoms with van der Waals surface area (Å²) in [5.41, 5.74) is 0.0749.